The van der Waals surface area contributed by atoms with Gasteiger partial charge in [0.1, 0.15) is 0 Å². The van der Waals surface area contributed by atoms with Gasteiger partial charge in [-0.1, -0.05) is 23.9 Å². The van der Waals surface area contributed by atoms with Crippen molar-refractivity contribution < 1.29 is 22.0 Å². The standard InChI is InChI=1S/C14H15F2N3O3S2/c15-13(16)19-11-4-2-1-3-10(11)18-14(19)23-7-12(20)17-9-5-6-24(21,22)8-9/h1-4,9,13H,5-8H2,(H,17,20)/t9-/m0/s1. The highest BCUT2D eigenvalue weighted by atomic mass is 32.2. The number of sulfone groups is 1. The zero-order valence-corrected chi connectivity index (χ0v) is 14.1. The summed E-state index contributed by atoms with van der Waals surface area (Å²) in [5.41, 5.74) is 0.736. The summed E-state index contributed by atoms with van der Waals surface area (Å²) >= 11 is 0.903. The summed E-state index contributed by atoms with van der Waals surface area (Å²) in [4.78, 5) is 16.1. The molecule has 1 aliphatic rings. The van der Waals surface area contributed by atoms with Crippen molar-refractivity contribution in [1.29, 1.82) is 0 Å². The Bertz CT molecular complexity index is 867. The second-order valence-corrected chi connectivity index (χ2v) is 8.66. The number of nitrogens with one attached hydrogen (secondary N) is 1. The molecule has 1 N–H and O–H groups in total. The molecule has 2 heterocycles. The third kappa shape index (κ3) is 3.69. The molecule has 130 valence electrons. The van der Waals surface area contributed by atoms with E-state index in [-0.39, 0.29) is 22.4 Å². The fourth-order valence-corrected chi connectivity index (χ4v) is 5.12. The van der Waals surface area contributed by atoms with Gasteiger partial charge in [0.05, 0.1) is 28.3 Å². The van der Waals surface area contributed by atoms with E-state index in [2.05, 4.69) is 10.3 Å². The van der Waals surface area contributed by atoms with Crippen molar-refractivity contribution in [3.63, 3.8) is 0 Å². The molecule has 3 rings (SSSR count). The average molecular weight is 375 g/mol. The number of hydrogen-bond acceptors (Lipinski definition) is 5. The fraction of sp³-hybridized carbons (Fsp3) is 0.429. The van der Waals surface area contributed by atoms with Gasteiger partial charge < -0.3 is 5.32 Å². The van der Waals surface area contributed by atoms with E-state index in [1.54, 1.807) is 24.3 Å². The van der Waals surface area contributed by atoms with E-state index in [4.69, 9.17) is 0 Å². The van der Waals surface area contributed by atoms with E-state index in [0.29, 0.717) is 17.5 Å². The van der Waals surface area contributed by atoms with Crippen molar-refractivity contribution in [2.24, 2.45) is 0 Å². The number of benzene rings is 1. The first-order valence-corrected chi connectivity index (χ1v) is 10.0. The molecule has 1 aromatic carbocycles. The van der Waals surface area contributed by atoms with Gasteiger partial charge >= 0.3 is 6.55 Å². The number of amides is 1. The third-order valence-electron chi connectivity index (χ3n) is 3.69. The Labute approximate surface area is 141 Å². The minimum atomic E-state index is -3.08. The number of fused-ring (bicyclic) bond motifs is 1. The zero-order valence-electron chi connectivity index (χ0n) is 12.5. The van der Waals surface area contributed by atoms with E-state index in [1.165, 1.54) is 0 Å². The highest BCUT2D eigenvalue weighted by Gasteiger charge is 2.29. The Morgan fingerprint density at radius 2 is 2.17 bits per heavy atom. The summed E-state index contributed by atoms with van der Waals surface area (Å²) in [7, 11) is -3.08. The van der Waals surface area contributed by atoms with Crippen LogP contribution in [0.25, 0.3) is 11.0 Å². The molecule has 2 aromatic rings. The van der Waals surface area contributed by atoms with Crippen LogP contribution in [-0.4, -0.2) is 47.2 Å². The first-order chi connectivity index (χ1) is 11.4. The largest absolute Gasteiger partial charge is 0.352 e. The van der Waals surface area contributed by atoms with E-state index in [0.717, 1.165) is 16.3 Å². The van der Waals surface area contributed by atoms with Crippen molar-refractivity contribution in [3.8, 4) is 0 Å². The summed E-state index contributed by atoms with van der Waals surface area (Å²) in [6, 6.07) is 6.11. The van der Waals surface area contributed by atoms with Gasteiger partial charge in [0.25, 0.3) is 0 Å². The Morgan fingerprint density at radius 3 is 2.83 bits per heavy atom. The second-order valence-electron chi connectivity index (χ2n) is 5.49. The lowest BCUT2D eigenvalue weighted by Gasteiger charge is -2.11. The van der Waals surface area contributed by atoms with Gasteiger partial charge in [-0.25, -0.2) is 13.4 Å². The number of thioether (sulfide) groups is 1. The molecule has 1 saturated heterocycles. The Hall–Kier alpha value is -1.68. The molecule has 6 nitrogen and oxygen atoms in total. The van der Waals surface area contributed by atoms with Crippen LogP contribution in [0.5, 0.6) is 0 Å². The lowest BCUT2D eigenvalue weighted by atomic mass is 10.3. The predicted octanol–water partition coefficient (Wildman–Crippen LogP) is 1.83. The average Bonchev–Trinajstić information content (AvgIpc) is 3.04. The smallest absolute Gasteiger partial charge is 0.321 e. The van der Waals surface area contributed by atoms with Crippen LogP contribution in [0, 0.1) is 0 Å². The predicted molar refractivity (Wildman–Crippen MR) is 86.9 cm³/mol. The Balaban J connectivity index is 1.67. The fourth-order valence-electron chi connectivity index (χ4n) is 2.62. The zero-order chi connectivity index (χ0) is 17.3. The van der Waals surface area contributed by atoms with E-state index in [9.17, 15) is 22.0 Å². The first kappa shape index (κ1) is 17.2. The molecule has 1 aliphatic heterocycles. The molecule has 1 atom stereocenters. The lowest BCUT2D eigenvalue weighted by molar-refractivity contribution is -0.119. The van der Waals surface area contributed by atoms with Gasteiger partial charge in [0.2, 0.25) is 5.91 Å². The van der Waals surface area contributed by atoms with Gasteiger partial charge in [-0.15, -0.1) is 0 Å². The van der Waals surface area contributed by atoms with Crippen LogP contribution >= 0.6 is 11.8 Å². The molecule has 10 heteroatoms. The number of halogens is 2. The van der Waals surface area contributed by atoms with Crippen LogP contribution in [0.2, 0.25) is 0 Å². The maximum atomic E-state index is 13.3. The quantitative estimate of drug-likeness (QED) is 0.807. The minimum Gasteiger partial charge on any atom is -0.352 e. The van der Waals surface area contributed by atoms with E-state index < -0.39 is 28.3 Å². The second kappa shape index (κ2) is 6.67. The summed E-state index contributed by atoms with van der Waals surface area (Å²) in [6.45, 7) is -2.76. The minimum absolute atomic E-state index is 0.0559. The van der Waals surface area contributed by atoms with Crippen LogP contribution in [0.1, 0.15) is 13.0 Å². The Morgan fingerprint density at radius 1 is 1.42 bits per heavy atom. The van der Waals surface area contributed by atoms with Crippen LogP contribution in [0.4, 0.5) is 8.78 Å². The van der Waals surface area contributed by atoms with Crippen LogP contribution in [-0.2, 0) is 14.6 Å². The van der Waals surface area contributed by atoms with E-state index in [1.807, 2.05) is 0 Å². The number of hydrogen-bond donors (Lipinski definition) is 1. The molecule has 0 unspecified atom stereocenters. The normalized spacial score (nSPS) is 19.9. The lowest BCUT2D eigenvalue weighted by Crippen LogP contribution is -2.36. The van der Waals surface area contributed by atoms with Crippen molar-refractivity contribution in [1.82, 2.24) is 14.9 Å². The van der Waals surface area contributed by atoms with Gasteiger partial charge in [-0.2, -0.15) is 8.78 Å². The number of rotatable bonds is 5. The molecule has 0 saturated carbocycles. The van der Waals surface area contributed by atoms with Gasteiger partial charge in [-0.05, 0) is 18.6 Å². The highest BCUT2D eigenvalue weighted by molar-refractivity contribution is 7.99. The third-order valence-corrected chi connectivity index (χ3v) is 6.41. The molecule has 0 radical (unpaired) electrons. The topological polar surface area (TPSA) is 81.1 Å². The van der Waals surface area contributed by atoms with Crippen LogP contribution < -0.4 is 5.32 Å². The maximum absolute atomic E-state index is 13.3. The molecule has 1 aromatic heterocycles. The maximum Gasteiger partial charge on any atom is 0.321 e. The van der Waals surface area contributed by atoms with E-state index >= 15 is 0 Å². The number of carbonyl (C=O) groups is 1. The molecule has 0 bridgehead atoms. The molecule has 1 amide bonds. The van der Waals surface area contributed by atoms with Crippen molar-refractivity contribution in [2.75, 3.05) is 17.3 Å². The summed E-state index contributed by atoms with van der Waals surface area (Å²) in [6.07, 6.45) is 0.383. The highest BCUT2D eigenvalue weighted by Crippen LogP contribution is 2.29. The number of para-hydroxylation sites is 2. The van der Waals surface area contributed by atoms with Gasteiger partial charge in [0, 0.05) is 6.04 Å². The number of carbonyl (C=O) groups excluding carboxylic acids is 1. The molecular weight excluding hydrogens is 360 g/mol. The van der Waals surface area contributed by atoms with Gasteiger partial charge in [0.15, 0.2) is 15.0 Å². The number of aromatic nitrogens is 2. The van der Waals surface area contributed by atoms with Gasteiger partial charge in [-0.3, -0.25) is 9.36 Å². The van der Waals surface area contributed by atoms with Crippen LogP contribution in [0.15, 0.2) is 29.4 Å². The Kier molecular flexibility index (Phi) is 4.77. The monoisotopic (exact) mass is 375 g/mol. The summed E-state index contributed by atoms with van der Waals surface area (Å²) < 4.78 is 50.1. The summed E-state index contributed by atoms with van der Waals surface area (Å²) in [5.74, 6) is -0.507. The first-order valence-electron chi connectivity index (χ1n) is 7.23. The molecular formula is C14H15F2N3O3S2. The molecule has 0 spiro atoms. The molecule has 0 aliphatic carbocycles. The number of nitrogens with zero attached hydrogens (tertiary/aromatic N) is 2. The van der Waals surface area contributed by atoms with Crippen molar-refractivity contribution in [2.45, 2.75) is 24.2 Å². The SMILES string of the molecule is O=C(CSc1nc2ccccc2n1C(F)F)N[C@H]1CCS(=O)(=O)C1. The number of alkyl halides is 2. The number of imidazole rings is 1. The molecule has 1 fully saturated rings. The van der Waals surface area contributed by atoms with Crippen molar-refractivity contribution in [3.05, 3.63) is 24.3 Å². The summed E-state index contributed by atoms with van der Waals surface area (Å²) in [5, 5.41) is 2.68. The van der Waals surface area contributed by atoms with Crippen molar-refractivity contribution >= 4 is 38.5 Å². The van der Waals surface area contributed by atoms with Crippen LogP contribution in [0.3, 0.4) is 0 Å². The molecule has 24 heavy (non-hydrogen) atoms.